The third-order valence-electron chi connectivity index (χ3n) is 2.09. The predicted molar refractivity (Wildman–Crippen MR) is 67.8 cm³/mol. The summed E-state index contributed by atoms with van der Waals surface area (Å²) < 4.78 is 4.44. The summed E-state index contributed by atoms with van der Waals surface area (Å²) >= 11 is 1.05. The molecule has 94 valence electrons. The Morgan fingerprint density at radius 2 is 2.00 bits per heavy atom. The van der Waals surface area contributed by atoms with E-state index < -0.39 is 5.97 Å². The van der Waals surface area contributed by atoms with Crippen molar-refractivity contribution in [3.8, 4) is 5.40 Å². The number of methoxy groups -OCH3 is 1. The maximum Gasteiger partial charge on any atom is 0.306 e. The topological polar surface area (TPSA) is 79.2 Å². The van der Waals surface area contributed by atoms with Gasteiger partial charge in [0.1, 0.15) is 5.40 Å². The monoisotopic (exact) mass is 264 g/mol. The predicted octanol–water partition coefficient (Wildman–Crippen LogP) is 2.15. The highest BCUT2D eigenvalue weighted by molar-refractivity contribution is 8.03. The summed E-state index contributed by atoms with van der Waals surface area (Å²) in [4.78, 5) is 23.1. The van der Waals surface area contributed by atoms with Crippen LogP contribution in [-0.2, 0) is 14.3 Å². The molecule has 1 aromatic rings. The van der Waals surface area contributed by atoms with Crippen LogP contribution in [0.2, 0.25) is 0 Å². The number of hydrogen-bond acceptors (Lipinski definition) is 5. The van der Waals surface area contributed by atoms with Gasteiger partial charge in [0.25, 0.3) is 0 Å². The molecule has 0 heterocycles. The Bertz CT molecular complexity index is 465. The molecule has 1 amide bonds. The number of nitrogens with one attached hydrogen (secondary N) is 1. The zero-order valence-electron chi connectivity index (χ0n) is 9.80. The molecular formula is C12H12N2O3S. The number of carbonyl (C=O) groups is 2. The number of rotatable bonds is 5. The third kappa shape index (κ3) is 4.89. The van der Waals surface area contributed by atoms with Crippen LogP contribution in [0.4, 0.5) is 5.69 Å². The van der Waals surface area contributed by atoms with E-state index in [0.717, 1.165) is 16.7 Å². The van der Waals surface area contributed by atoms with Crippen LogP contribution < -0.4 is 5.32 Å². The van der Waals surface area contributed by atoms with E-state index in [2.05, 4.69) is 10.1 Å². The van der Waals surface area contributed by atoms with Crippen molar-refractivity contribution in [3.63, 3.8) is 0 Å². The van der Waals surface area contributed by atoms with Gasteiger partial charge < -0.3 is 10.1 Å². The number of benzene rings is 1. The number of thiocyanates is 1. The van der Waals surface area contributed by atoms with Crippen molar-refractivity contribution >= 4 is 29.3 Å². The van der Waals surface area contributed by atoms with Gasteiger partial charge in [0.05, 0.1) is 13.5 Å². The number of ether oxygens (including phenoxy) is 1. The smallest absolute Gasteiger partial charge is 0.306 e. The SMILES string of the molecule is COC(=O)CCC(=O)Nc1ccc(SC#N)cc1. The molecule has 1 rings (SSSR count). The Morgan fingerprint density at radius 1 is 1.33 bits per heavy atom. The van der Waals surface area contributed by atoms with E-state index in [1.165, 1.54) is 7.11 Å². The summed E-state index contributed by atoms with van der Waals surface area (Å²) in [7, 11) is 1.28. The van der Waals surface area contributed by atoms with Crippen LogP contribution in [0.15, 0.2) is 29.2 Å². The molecule has 0 bridgehead atoms. The van der Waals surface area contributed by atoms with Gasteiger partial charge in [-0.25, -0.2) is 0 Å². The van der Waals surface area contributed by atoms with Crippen LogP contribution in [-0.4, -0.2) is 19.0 Å². The van der Waals surface area contributed by atoms with Crippen LogP contribution in [0.5, 0.6) is 0 Å². The summed E-state index contributed by atoms with van der Waals surface area (Å²) in [5, 5.41) is 13.1. The molecule has 0 fully saturated rings. The highest BCUT2D eigenvalue weighted by atomic mass is 32.2. The third-order valence-corrected chi connectivity index (χ3v) is 2.68. The molecule has 6 heteroatoms. The van der Waals surface area contributed by atoms with Crippen LogP contribution in [0.3, 0.4) is 0 Å². The molecule has 0 aliphatic rings. The minimum absolute atomic E-state index is 0.0602. The molecule has 18 heavy (non-hydrogen) atoms. The average molecular weight is 264 g/mol. The lowest BCUT2D eigenvalue weighted by Crippen LogP contribution is -2.13. The van der Waals surface area contributed by atoms with Crippen molar-refractivity contribution in [1.82, 2.24) is 0 Å². The first-order valence-electron chi connectivity index (χ1n) is 5.18. The van der Waals surface area contributed by atoms with E-state index in [-0.39, 0.29) is 18.7 Å². The van der Waals surface area contributed by atoms with Crippen molar-refractivity contribution in [2.45, 2.75) is 17.7 Å². The van der Waals surface area contributed by atoms with E-state index in [4.69, 9.17) is 5.26 Å². The van der Waals surface area contributed by atoms with Crippen LogP contribution in [0.1, 0.15) is 12.8 Å². The molecule has 0 atom stereocenters. The molecule has 0 radical (unpaired) electrons. The van der Waals surface area contributed by atoms with Crippen molar-refractivity contribution in [3.05, 3.63) is 24.3 Å². The van der Waals surface area contributed by atoms with Crippen LogP contribution >= 0.6 is 11.8 Å². The molecule has 0 aliphatic heterocycles. The largest absolute Gasteiger partial charge is 0.469 e. The maximum atomic E-state index is 11.5. The summed E-state index contributed by atoms with van der Waals surface area (Å²) in [5.41, 5.74) is 0.632. The van der Waals surface area contributed by atoms with E-state index in [9.17, 15) is 9.59 Å². The van der Waals surface area contributed by atoms with Gasteiger partial charge in [-0.2, -0.15) is 5.26 Å². The highest BCUT2D eigenvalue weighted by Gasteiger charge is 2.07. The Balaban J connectivity index is 2.45. The van der Waals surface area contributed by atoms with Gasteiger partial charge in [-0.15, -0.1) is 0 Å². The fraction of sp³-hybridized carbons (Fsp3) is 0.250. The van der Waals surface area contributed by atoms with Gasteiger partial charge in [-0.3, -0.25) is 9.59 Å². The number of anilines is 1. The summed E-state index contributed by atoms with van der Waals surface area (Å²) in [6.45, 7) is 0. The van der Waals surface area contributed by atoms with Gasteiger partial charge >= 0.3 is 5.97 Å². The maximum absolute atomic E-state index is 11.5. The summed E-state index contributed by atoms with van der Waals surface area (Å²) in [5.74, 6) is -0.660. The normalized spacial score (nSPS) is 9.33. The summed E-state index contributed by atoms with van der Waals surface area (Å²) in [6, 6.07) is 6.89. The van der Waals surface area contributed by atoms with Crippen molar-refractivity contribution < 1.29 is 14.3 Å². The van der Waals surface area contributed by atoms with Gasteiger partial charge in [-0.1, -0.05) is 0 Å². The van der Waals surface area contributed by atoms with E-state index in [0.29, 0.717) is 5.69 Å². The number of nitriles is 1. The van der Waals surface area contributed by atoms with E-state index >= 15 is 0 Å². The fourth-order valence-electron chi connectivity index (χ4n) is 1.20. The number of carbonyl (C=O) groups excluding carboxylic acids is 2. The Hall–Kier alpha value is -2.00. The second-order valence-corrected chi connectivity index (χ2v) is 4.20. The lowest BCUT2D eigenvalue weighted by atomic mass is 10.2. The fourth-order valence-corrected chi connectivity index (χ4v) is 1.58. The molecule has 1 aromatic carbocycles. The number of thioether (sulfide) groups is 1. The lowest BCUT2D eigenvalue weighted by molar-refractivity contribution is -0.141. The van der Waals surface area contributed by atoms with Crippen molar-refractivity contribution in [2.24, 2.45) is 0 Å². The lowest BCUT2D eigenvalue weighted by Gasteiger charge is -2.05. The van der Waals surface area contributed by atoms with Gasteiger partial charge in [0.2, 0.25) is 5.91 Å². The van der Waals surface area contributed by atoms with E-state index in [1.54, 1.807) is 24.3 Å². The quantitative estimate of drug-likeness (QED) is 0.501. The van der Waals surface area contributed by atoms with Crippen molar-refractivity contribution in [2.75, 3.05) is 12.4 Å². The van der Waals surface area contributed by atoms with Crippen molar-refractivity contribution in [1.29, 1.82) is 5.26 Å². The second kappa shape index (κ2) is 7.35. The Morgan fingerprint density at radius 3 is 2.56 bits per heavy atom. The summed E-state index contributed by atoms with van der Waals surface area (Å²) in [6.07, 6.45) is 0.145. The zero-order chi connectivity index (χ0) is 13.4. The molecule has 0 saturated heterocycles. The Kier molecular flexibility index (Phi) is 5.74. The standard InChI is InChI=1S/C12H12N2O3S/c1-17-12(16)7-6-11(15)14-9-2-4-10(5-3-9)18-8-13/h2-5H,6-7H2,1H3,(H,14,15). The molecule has 1 N–H and O–H groups in total. The number of hydrogen-bond donors (Lipinski definition) is 1. The van der Waals surface area contributed by atoms with E-state index in [1.807, 2.05) is 5.40 Å². The molecule has 0 aromatic heterocycles. The Labute approximate surface area is 109 Å². The number of amides is 1. The first kappa shape index (κ1) is 14.1. The minimum Gasteiger partial charge on any atom is -0.469 e. The van der Waals surface area contributed by atoms with Gasteiger partial charge in [0, 0.05) is 17.0 Å². The van der Waals surface area contributed by atoms with Gasteiger partial charge in [-0.05, 0) is 36.0 Å². The minimum atomic E-state index is -0.411. The number of nitrogens with zero attached hydrogens (tertiary/aromatic N) is 1. The molecule has 0 unspecified atom stereocenters. The zero-order valence-corrected chi connectivity index (χ0v) is 10.6. The highest BCUT2D eigenvalue weighted by Crippen LogP contribution is 2.19. The second-order valence-electron chi connectivity index (χ2n) is 3.34. The molecule has 0 aliphatic carbocycles. The first-order valence-corrected chi connectivity index (χ1v) is 6.00. The molecule has 5 nitrogen and oxygen atoms in total. The van der Waals surface area contributed by atoms with Crippen LogP contribution in [0, 0.1) is 10.7 Å². The molecule has 0 spiro atoms. The number of esters is 1. The first-order chi connectivity index (χ1) is 8.65. The molecule has 0 saturated carbocycles. The molecular weight excluding hydrogens is 252 g/mol. The van der Waals surface area contributed by atoms with Crippen LogP contribution in [0.25, 0.3) is 0 Å². The average Bonchev–Trinajstić information content (AvgIpc) is 2.38. The van der Waals surface area contributed by atoms with Gasteiger partial charge in [0.15, 0.2) is 0 Å².